The van der Waals surface area contributed by atoms with Crippen LogP contribution < -0.4 is 5.32 Å². The van der Waals surface area contributed by atoms with Crippen LogP contribution in [0.2, 0.25) is 0 Å². The minimum absolute atomic E-state index is 0.159. The molecule has 0 radical (unpaired) electrons. The molecule has 4 atom stereocenters. The second-order valence-electron chi connectivity index (χ2n) is 8.92. The second-order valence-corrected chi connectivity index (χ2v) is 8.92. The highest BCUT2D eigenvalue weighted by atomic mass is 16.5. The molecular formula is C19H31N5O4. The summed E-state index contributed by atoms with van der Waals surface area (Å²) in [5.41, 5.74) is 0.508. The summed E-state index contributed by atoms with van der Waals surface area (Å²) in [6.07, 6.45) is 3.12. The van der Waals surface area contributed by atoms with Gasteiger partial charge < -0.3 is 14.7 Å². The Hall–Kier alpha value is -2.00. The maximum atomic E-state index is 13.6. The first-order valence-electron chi connectivity index (χ1n) is 9.86. The van der Waals surface area contributed by atoms with E-state index in [1.54, 1.807) is 16.6 Å². The van der Waals surface area contributed by atoms with E-state index in [1.807, 2.05) is 27.0 Å². The average Bonchev–Trinajstić information content (AvgIpc) is 3.19. The second kappa shape index (κ2) is 7.79. The zero-order valence-electron chi connectivity index (χ0n) is 17.3. The van der Waals surface area contributed by atoms with Gasteiger partial charge in [0.15, 0.2) is 0 Å². The Labute approximate surface area is 165 Å². The van der Waals surface area contributed by atoms with Gasteiger partial charge in [0.2, 0.25) is 5.91 Å². The van der Waals surface area contributed by atoms with Crippen LogP contribution in [0.5, 0.6) is 0 Å². The SMILES string of the molecule is CNC(O)[C@@H]1C[C@@H](OC(C)=O)CN1C(=O)[C@@H](n1cc(C2CC2)nn1)C(C)(C)C. The highest BCUT2D eigenvalue weighted by Crippen LogP contribution is 2.40. The summed E-state index contributed by atoms with van der Waals surface area (Å²) in [5.74, 6) is -0.105. The van der Waals surface area contributed by atoms with Gasteiger partial charge in [-0.25, -0.2) is 4.68 Å². The molecule has 1 saturated carbocycles. The molecule has 2 heterocycles. The third-order valence-corrected chi connectivity index (χ3v) is 5.42. The number of aliphatic hydroxyl groups is 1. The highest BCUT2D eigenvalue weighted by molar-refractivity contribution is 5.82. The normalized spacial score (nSPS) is 24.9. The van der Waals surface area contributed by atoms with E-state index in [4.69, 9.17) is 4.74 Å². The van der Waals surface area contributed by atoms with E-state index in [1.165, 1.54) is 6.92 Å². The standard InChI is InChI=1S/C19H31N5O4/c1-11(25)28-13-8-15(17(26)20-5)23(9-13)18(27)16(19(2,3)4)24-10-14(21-22-24)12-6-7-12/h10,12-13,15-17,20,26H,6-9H2,1-5H3/t13-,15+,16-,17?/m1/s1. The van der Waals surface area contributed by atoms with Crippen molar-refractivity contribution in [2.45, 2.75) is 77.3 Å². The molecule has 0 spiro atoms. The molecule has 9 heteroatoms. The Bertz CT molecular complexity index is 724. The first kappa shape index (κ1) is 20.7. The number of ether oxygens (including phenoxy) is 1. The van der Waals surface area contributed by atoms with Crippen molar-refractivity contribution in [3.05, 3.63) is 11.9 Å². The predicted molar refractivity (Wildman–Crippen MR) is 101 cm³/mol. The molecular weight excluding hydrogens is 362 g/mol. The van der Waals surface area contributed by atoms with Crippen LogP contribution in [-0.2, 0) is 14.3 Å². The number of hydrogen-bond donors (Lipinski definition) is 2. The van der Waals surface area contributed by atoms with E-state index in [2.05, 4.69) is 15.6 Å². The molecule has 0 bridgehead atoms. The summed E-state index contributed by atoms with van der Waals surface area (Å²) in [6.45, 7) is 7.55. The van der Waals surface area contributed by atoms with Gasteiger partial charge in [0.05, 0.1) is 18.3 Å². The van der Waals surface area contributed by atoms with E-state index in [-0.39, 0.29) is 12.5 Å². The maximum Gasteiger partial charge on any atom is 0.302 e. The molecule has 28 heavy (non-hydrogen) atoms. The number of likely N-dealkylation sites (N-methyl/N-ethyl adjacent to an activating group) is 1. The van der Waals surface area contributed by atoms with Crippen LogP contribution >= 0.6 is 0 Å². The number of aliphatic hydroxyl groups excluding tert-OH is 1. The van der Waals surface area contributed by atoms with Gasteiger partial charge in [-0.1, -0.05) is 26.0 Å². The van der Waals surface area contributed by atoms with Crippen molar-refractivity contribution in [1.82, 2.24) is 25.2 Å². The van der Waals surface area contributed by atoms with Crippen molar-refractivity contribution < 1.29 is 19.4 Å². The summed E-state index contributed by atoms with van der Waals surface area (Å²) >= 11 is 0. The van der Waals surface area contributed by atoms with Gasteiger partial charge in [-0.05, 0) is 25.3 Å². The third-order valence-electron chi connectivity index (χ3n) is 5.42. The topological polar surface area (TPSA) is 110 Å². The number of aromatic nitrogens is 3. The van der Waals surface area contributed by atoms with Crippen LogP contribution in [0.25, 0.3) is 0 Å². The number of carbonyl (C=O) groups is 2. The molecule has 1 aromatic rings. The van der Waals surface area contributed by atoms with Crippen molar-refractivity contribution in [1.29, 1.82) is 0 Å². The average molecular weight is 393 g/mol. The fraction of sp³-hybridized carbons (Fsp3) is 0.789. The minimum atomic E-state index is -0.914. The largest absolute Gasteiger partial charge is 0.461 e. The fourth-order valence-electron chi connectivity index (χ4n) is 3.91. The Morgan fingerprint density at radius 3 is 2.57 bits per heavy atom. The number of nitrogens with one attached hydrogen (secondary N) is 1. The Kier molecular flexibility index (Phi) is 5.77. The molecule has 0 aromatic carbocycles. The number of hydrogen-bond acceptors (Lipinski definition) is 7. The van der Waals surface area contributed by atoms with Gasteiger partial charge in [-0.2, -0.15) is 0 Å². The van der Waals surface area contributed by atoms with Crippen molar-refractivity contribution >= 4 is 11.9 Å². The Balaban J connectivity index is 1.87. The number of amides is 1. The molecule has 1 aliphatic heterocycles. The lowest BCUT2D eigenvalue weighted by atomic mass is 9.85. The molecule has 1 saturated heterocycles. The van der Waals surface area contributed by atoms with Crippen LogP contribution in [0, 0.1) is 5.41 Å². The van der Waals surface area contributed by atoms with Crippen LogP contribution in [-0.4, -0.2) is 68.8 Å². The zero-order chi connectivity index (χ0) is 20.6. The van der Waals surface area contributed by atoms with Crippen LogP contribution in [0.15, 0.2) is 6.20 Å². The number of rotatable bonds is 6. The number of esters is 1. The summed E-state index contributed by atoms with van der Waals surface area (Å²) in [6, 6.07) is -1.06. The van der Waals surface area contributed by atoms with Gasteiger partial charge in [0.1, 0.15) is 18.4 Å². The summed E-state index contributed by atoms with van der Waals surface area (Å²) < 4.78 is 6.98. The lowest BCUT2D eigenvalue weighted by molar-refractivity contribution is -0.147. The molecule has 2 N–H and O–H groups in total. The van der Waals surface area contributed by atoms with Gasteiger partial charge in [-0.3, -0.25) is 14.9 Å². The van der Waals surface area contributed by atoms with Gasteiger partial charge in [0.25, 0.3) is 0 Å². The number of nitrogens with zero attached hydrogens (tertiary/aromatic N) is 4. The van der Waals surface area contributed by atoms with E-state index < -0.39 is 35.8 Å². The summed E-state index contributed by atoms with van der Waals surface area (Å²) in [7, 11) is 1.63. The molecule has 156 valence electrons. The molecule has 9 nitrogen and oxygen atoms in total. The first-order chi connectivity index (χ1) is 13.1. The van der Waals surface area contributed by atoms with Gasteiger partial charge >= 0.3 is 5.97 Å². The van der Waals surface area contributed by atoms with Crippen LogP contribution in [0.3, 0.4) is 0 Å². The van der Waals surface area contributed by atoms with E-state index in [0.717, 1.165) is 18.5 Å². The number of carbonyl (C=O) groups excluding carboxylic acids is 2. The minimum Gasteiger partial charge on any atom is -0.461 e. The smallest absolute Gasteiger partial charge is 0.302 e. The molecule has 1 aromatic heterocycles. The first-order valence-corrected chi connectivity index (χ1v) is 9.86. The molecule has 1 aliphatic carbocycles. The molecule has 2 fully saturated rings. The third kappa shape index (κ3) is 4.35. The van der Waals surface area contributed by atoms with E-state index >= 15 is 0 Å². The Morgan fingerprint density at radius 2 is 2.04 bits per heavy atom. The number of likely N-dealkylation sites (tertiary alicyclic amines) is 1. The molecule has 3 rings (SSSR count). The highest BCUT2D eigenvalue weighted by Gasteiger charge is 2.46. The van der Waals surface area contributed by atoms with Crippen LogP contribution in [0.1, 0.15) is 64.6 Å². The molecule has 1 unspecified atom stereocenters. The molecule has 2 aliphatic rings. The van der Waals surface area contributed by atoms with Gasteiger partial charge in [0, 0.05) is 25.5 Å². The Morgan fingerprint density at radius 1 is 1.36 bits per heavy atom. The lowest BCUT2D eigenvalue weighted by Gasteiger charge is -2.36. The predicted octanol–water partition coefficient (Wildman–Crippen LogP) is 0.813. The summed E-state index contributed by atoms with van der Waals surface area (Å²) in [4.78, 5) is 26.6. The van der Waals surface area contributed by atoms with Gasteiger partial charge in [-0.15, -0.1) is 5.10 Å². The van der Waals surface area contributed by atoms with Crippen LogP contribution in [0.4, 0.5) is 0 Å². The fourth-order valence-corrected chi connectivity index (χ4v) is 3.91. The maximum absolute atomic E-state index is 13.6. The lowest BCUT2D eigenvalue weighted by Crippen LogP contribution is -2.51. The van der Waals surface area contributed by atoms with E-state index in [9.17, 15) is 14.7 Å². The zero-order valence-corrected chi connectivity index (χ0v) is 17.3. The van der Waals surface area contributed by atoms with Crippen molar-refractivity contribution in [2.75, 3.05) is 13.6 Å². The summed E-state index contributed by atoms with van der Waals surface area (Å²) in [5, 5.41) is 21.7. The molecule has 1 amide bonds. The van der Waals surface area contributed by atoms with Crippen molar-refractivity contribution in [3.8, 4) is 0 Å². The quantitative estimate of drug-likeness (QED) is 0.544. The van der Waals surface area contributed by atoms with Crippen molar-refractivity contribution in [3.63, 3.8) is 0 Å². The monoisotopic (exact) mass is 393 g/mol. The van der Waals surface area contributed by atoms with Crippen molar-refractivity contribution in [2.24, 2.45) is 5.41 Å². The van der Waals surface area contributed by atoms with E-state index in [0.29, 0.717) is 12.3 Å².